The highest BCUT2D eigenvalue weighted by Gasteiger charge is 2.31. The molecule has 0 aliphatic carbocycles. The molecule has 2 saturated heterocycles. The minimum atomic E-state index is -0.405. The van der Waals surface area contributed by atoms with Gasteiger partial charge in [-0.15, -0.1) is 0 Å². The van der Waals surface area contributed by atoms with Gasteiger partial charge >= 0.3 is 0 Å². The van der Waals surface area contributed by atoms with E-state index in [2.05, 4.69) is 5.10 Å². The van der Waals surface area contributed by atoms with Crippen LogP contribution in [0.4, 0.5) is 0 Å². The predicted octanol–water partition coefficient (Wildman–Crippen LogP) is 1.85. The van der Waals surface area contributed by atoms with Crippen LogP contribution >= 0.6 is 0 Å². The predicted molar refractivity (Wildman–Crippen MR) is 86.0 cm³/mol. The number of nitrogens with zero attached hydrogens (tertiary/aromatic N) is 3. The van der Waals surface area contributed by atoms with Crippen LogP contribution in [-0.4, -0.2) is 58.6 Å². The van der Waals surface area contributed by atoms with Gasteiger partial charge in [-0.1, -0.05) is 0 Å². The van der Waals surface area contributed by atoms with Crippen LogP contribution in [0.3, 0.4) is 0 Å². The van der Waals surface area contributed by atoms with E-state index in [1.807, 2.05) is 28.8 Å². The van der Waals surface area contributed by atoms with Crippen molar-refractivity contribution in [3.05, 3.63) is 18.5 Å². The van der Waals surface area contributed by atoms with Crippen molar-refractivity contribution in [1.29, 1.82) is 0 Å². The molecule has 2 aliphatic heterocycles. The average Bonchev–Trinajstić information content (AvgIpc) is 3.26. The smallest absolute Gasteiger partial charge is 0.251 e. The van der Waals surface area contributed by atoms with Crippen LogP contribution in [0, 0.1) is 0 Å². The summed E-state index contributed by atoms with van der Waals surface area (Å²) in [5.41, 5.74) is 0. The largest absolute Gasteiger partial charge is 0.376 e. The van der Waals surface area contributed by atoms with Gasteiger partial charge < -0.3 is 14.4 Å². The molecule has 0 unspecified atom stereocenters. The second-order valence-corrected chi connectivity index (χ2v) is 6.52. The lowest BCUT2D eigenvalue weighted by Gasteiger charge is -2.37. The fourth-order valence-corrected chi connectivity index (χ4v) is 3.44. The van der Waals surface area contributed by atoms with E-state index in [0.717, 1.165) is 45.4 Å². The Kier molecular flexibility index (Phi) is 5.67. The maximum atomic E-state index is 12.8. The Balaban J connectivity index is 1.54. The number of amides is 1. The molecule has 23 heavy (non-hydrogen) atoms. The van der Waals surface area contributed by atoms with Crippen molar-refractivity contribution in [2.24, 2.45) is 0 Å². The molecule has 3 heterocycles. The molecule has 0 saturated carbocycles. The van der Waals surface area contributed by atoms with Crippen molar-refractivity contribution in [3.63, 3.8) is 0 Å². The third kappa shape index (κ3) is 4.32. The summed E-state index contributed by atoms with van der Waals surface area (Å²) in [7, 11) is 0. The van der Waals surface area contributed by atoms with Crippen LogP contribution in [0.25, 0.3) is 0 Å². The Labute approximate surface area is 137 Å². The monoisotopic (exact) mass is 321 g/mol. The van der Waals surface area contributed by atoms with Crippen molar-refractivity contribution in [2.75, 3.05) is 19.8 Å². The number of carbonyl (C=O) groups is 1. The van der Waals surface area contributed by atoms with Gasteiger partial charge in [0.1, 0.15) is 6.10 Å². The van der Waals surface area contributed by atoms with E-state index in [-0.39, 0.29) is 18.1 Å². The molecular weight excluding hydrogens is 294 g/mol. The van der Waals surface area contributed by atoms with Crippen molar-refractivity contribution in [2.45, 2.75) is 63.8 Å². The first kappa shape index (κ1) is 16.5. The minimum Gasteiger partial charge on any atom is -0.376 e. The lowest BCUT2D eigenvalue weighted by molar-refractivity contribution is -0.148. The third-order valence-electron chi connectivity index (χ3n) is 4.77. The molecule has 0 aromatic carbocycles. The molecule has 0 spiro atoms. The lowest BCUT2D eigenvalue weighted by Crippen LogP contribution is -2.50. The number of piperidine rings is 1. The van der Waals surface area contributed by atoms with Gasteiger partial charge in [0.2, 0.25) is 0 Å². The van der Waals surface area contributed by atoms with E-state index in [1.54, 1.807) is 6.20 Å². The standard InChI is InChI=1S/C17H27N3O3/c1-14(23-13-16-7-4-11-22-16)17(21)20-10-3-2-6-15(20)12-19-9-5-8-18-19/h5,8-9,14-16H,2-4,6-7,10-13H2,1H3/t14-,15-,16-/m0/s1. The van der Waals surface area contributed by atoms with Crippen LogP contribution in [0.5, 0.6) is 0 Å². The van der Waals surface area contributed by atoms with Crippen LogP contribution in [0.2, 0.25) is 0 Å². The number of rotatable bonds is 6. The number of likely N-dealkylation sites (tertiary alicyclic amines) is 1. The highest BCUT2D eigenvalue weighted by molar-refractivity contribution is 5.81. The zero-order valence-corrected chi connectivity index (χ0v) is 13.9. The fraction of sp³-hybridized carbons (Fsp3) is 0.765. The van der Waals surface area contributed by atoms with Gasteiger partial charge in [0, 0.05) is 25.5 Å². The van der Waals surface area contributed by atoms with E-state index in [9.17, 15) is 4.79 Å². The van der Waals surface area contributed by atoms with Crippen molar-refractivity contribution in [3.8, 4) is 0 Å². The second kappa shape index (κ2) is 7.93. The van der Waals surface area contributed by atoms with E-state index >= 15 is 0 Å². The Hall–Kier alpha value is -1.40. The normalized spacial score (nSPS) is 26.4. The summed E-state index contributed by atoms with van der Waals surface area (Å²) >= 11 is 0. The molecule has 1 aromatic rings. The molecule has 0 N–H and O–H groups in total. The molecular formula is C17H27N3O3. The number of ether oxygens (including phenoxy) is 2. The Morgan fingerprint density at radius 3 is 3.04 bits per heavy atom. The summed E-state index contributed by atoms with van der Waals surface area (Å²) in [6, 6.07) is 2.13. The maximum Gasteiger partial charge on any atom is 0.251 e. The van der Waals surface area contributed by atoms with Crippen LogP contribution in [0.15, 0.2) is 18.5 Å². The third-order valence-corrected chi connectivity index (χ3v) is 4.77. The first-order valence-electron chi connectivity index (χ1n) is 8.75. The van der Waals surface area contributed by atoms with E-state index in [1.165, 1.54) is 6.42 Å². The van der Waals surface area contributed by atoms with Gasteiger partial charge in [-0.2, -0.15) is 5.10 Å². The van der Waals surface area contributed by atoms with Crippen molar-refractivity contribution >= 4 is 5.91 Å². The van der Waals surface area contributed by atoms with E-state index < -0.39 is 6.10 Å². The SMILES string of the molecule is C[C@H](OC[C@@H]1CCCO1)C(=O)N1CCCC[C@H]1Cn1cccn1. The van der Waals surface area contributed by atoms with Crippen molar-refractivity contribution in [1.82, 2.24) is 14.7 Å². The fourth-order valence-electron chi connectivity index (χ4n) is 3.44. The first-order valence-corrected chi connectivity index (χ1v) is 8.75. The lowest BCUT2D eigenvalue weighted by atomic mass is 10.0. The van der Waals surface area contributed by atoms with Crippen LogP contribution in [0.1, 0.15) is 39.0 Å². The van der Waals surface area contributed by atoms with Crippen molar-refractivity contribution < 1.29 is 14.3 Å². The van der Waals surface area contributed by atoms with Crippen LogP contribution in [-0.2, 0) is 20.8 Å². The van der Waals surface area contributed by atoms with E-state index in [4.69, 9.17) is 9.47 Å². The molecule has 0 bridgehead atoms. The zero-order valence-electron chi connectivity index (χ0n) is 13.9. The molecule has 2 fully saturated rings. The van der Waals surface area contributed by atoms with Crippen LogP contribution < -0.4 is 0 Å². The van der Waals surface area contributed by atoms with Gasteiger partial charge in [0.05, 0.1) is 25.3 Å². The summed E-state index contributed by atoms with van der Waals surface area (Å²) in [6.07, 6.45) is 8.88. The molecule has 2 aliphatic rings. The zero-order chi connectivity index (χ0) is 16.1. The average molecular weight is 321 g/mol. The van der Waals surface area contributed by atoms with Gasteiger partial charge in [0.25, 0.3) is 5.91 Å². The minimum absolute atomic E-state index is 0.0971. The summed E-state index contributed by atoms with van der Waals surface area (Å²) in [5.74, 6) is 0.0971. The quantitative estimate of drug-likeness (QED) is 0.802. The van der Waals surface area contributed by atoms with Gasteiger partial charge in [-0.25, -0.2) is 0 Å². The van der Waals surface area contributed by atoms with E-state index in [0.29, 0.717) is 6.61 Å². The van der Waals surface area contributed by atoms with Gasteiger partial charge in [-0.3, -0.25) is 9.48 Å². The molecule has 128 valence electrons. The molecule has 6 nitrogen and oxygen atoms in total. The Morgan fingerprint density at radius 1 is 1.39 bits per heavy atom. The summed E-state index contributed by atoms with van der Waals surface area (Å²) < 4.78 is 13.3. The topological polar surface area (TPSA) is 56.6 Å². The Morgan fingerprint density at radius 2 is 2.30 bits per heavy atom. The summed E-state index contributed by atoms with van der Waals surface area (Å²) in [6.45, 7) is 4.77. The summed E-state index contributed by atoms with van der Waals surface area (Å²) in [5, 5.41) is 4.27. The molecule has 0 radical (unpaired) electrons. The second-order valence-electron chi connectivity index (χ2n) is 6.52. The van der Waals surface area contributed by atoms with Gasteiger partial charge in [-0.05, 0) is 45.1 Å². The molecule has 1 amide bonds. The summed E-state index contributed by atoms with van der Waals surface area (Å²) in [4.78, 5) is 14.8. The molecule has 3 atom stereocenters. The number of hydrogen-bond acceptors (Lipinski definition) is 4. The number of hydrogen-bond donors (Lipinski definition) is 0. The number of aromatic nitrogens is 2. The highest BCUT2D eigenvalue weighted by atomic mass is 16.5. The molecule has 1 aromatic heterocycles. The first-order chi connectivity index (χ1) is 11.2. The highest BCUT2D eigenvalue weighted by Crippen LogP contribution is 2.20. The molecule has 3 rings (SSSR count). The van der Waals surface area contributed by atoms with Gasteiger partial charge in [0.15, 0.2) is 0 Å². The Bertz CT molecular complexity index is 485. The maximum absolute atomic E-state index is 12.8. The number of carbonyl (C=O) groups excluding carboxylic acids is 1. The molecule has 6 heteroatoms.